The van der Waals surface area contributed by atoms with Gasteiger partial charge in [-0.25, -0.2) is 8.42 Å². The Bertz CT molecular complexity index is 922. The van der Waals surface area contributed by atoms with Gasteiger partial charge >= 0.3 is 5.97 Å². The highest BCUT2D eigenvalue weighted by atomic mass is 32.2. The van der Waals surface area contributed by atoms with E-state index in [2.05, 4.69) is 0 Å². The first kappa shape index (κ1) is 20.8. The molecule has 9 heteroatoms. The maximum Gasteiger partial charge on any atom is 0.322 e. The summed E-state index contributed by atoms with van der Waals surface area (Å²) in [6.07, 6.45) is 0.904. The lowest BCUT2D eigenvalue weighted by Gasteiger charge is -2.31. The molecule has 1 aliphatic rings. The van der Waals surface area contributed by atoms with Crippen LogP contribution >= 0.6 is 11.3 Å². The monoisotopic (exact) mass is 425 g/mol. The third-order valence-corrected chi connectivity index (χ3v) is 7.87. The van der Waals surface area contributed by atoms with E-state index >= 15 is 0 Å². The summed E-state index contributed by atoms with van der Waals surface area (Å²) in [7, 11) is -0.951. The molecule has 0 aliphatic carbocycles. The molecule has 2 heterocycles. The third-order valence-electron chi connectivity index (χ3n) is 4.98. The lowest BCUT2D eigenvalue weighted by molar-refractivity contribution is -0.142. The van der Waals surface area contributed by atoms with Crippen LogP contribution in [0.3, 0.4) is 0 Å². The average Bonchev–Trinajstić information content (AvgIpc) is 3.08. The quantitative estimate of drug-likeness (QED) is 0.733. The molecule has 0 bridgehead atoms. The van der Waals surface area contributed by atoms with Crippen LogP contribution in [0.4, 0.5) is 0 Å². The van der Waals surface area contributed by atoms with Crippen molar-refractivity contribution in [2.45, 2.75) is 29.7 Å². The van der Waals surface area contributed by atoms with Crippen molar-refractivity contribution in [3.05, 3.63) is 46.2 Å². The molecule has 3 rings (SSSR count). The molecule has 1 aromatic heterocycles. The summed E-state index contributed by atoms with van der Waals surface area (Å²) in [4.78, 5) is 13.3. The number of hydrogen-bond acceptors (Lipinski definition) is 6. The van der Waals surface area contributed by atoms with Crippen LogP contribution in [-0.4, -0.2) is 57.2 Å². The maximum atomic E-state index is 13.3. The van der Waals surface area contributed by atoms with Crippen molar-refractivity contribution in [1.82, 2.24) is 4.31 Å². The molecule has 0 spiro atoms. The van der Waals surface area contributed by atoms with Crippen LogP contribution in [0.5, 0.6) is 5.75 Å². The Labute approximate surface area is 168 Å². The van der Waals surface area contributed by atoms with Crippen molar-refractivity contribution in [2.75, 3.05) is 27.4 Å². The van der Waals surface area contributed by atoms with Crippen LogP contribution in [-0.2, 0) is 26.0 Å². The van der Waals surface area contributed by atoms with E-state index in [0.717, 1.165) is 14.7 Å². The molecule has 0 radical (unpaired) electrons. The van der Waals surface area contributed by atoms with E-state index in [1.807, 2.05) is 11.4 Å². The lowest BCUT2D eigenvalue weighted by Crippen LogP contribution is -2.48. The molecule has 0 saturated heterocycles. The summed E-state index contributed by atoms with van der Waals surface area (Å²) in [5.74, 6) is -1.10. The van der Waals surface area contributed by atoms with Crippen molar-refractivity contribution in [3.8, 4) is 5.75 Å². The number of carbonyl (C=O) groups is 1. The van der Waals surface area contributed by atoms with Gasteiger partial charge in [0.25, 0.3) is 0 Å². The summed E-state index contributed by atoms with van der Waals surface area (Å²) in [6, 6.07) is 6.70. The first-order chi connectivity index (χ1) is 13.4. The number of carboxylic acid groups (broad SMARTS) is 1. The topological polar surface area (TPSA) is 93.1 Å². The number of rotatable bonds is 7. The molecule has 0 saturated carbocycles. The molecule has 0 unspecified atom stereocenters. The largest absolute Gasteiger partial charge is 0.497 e. The molecule has 28 heavy (non-hydrogen) atoms. The molecule has 2 aromatic rings. The predicted molar refractivity (Wildman–Crippen MR) is 106 cm³/mol. The molecule has 7 nitrogen and oxygen atoms in total. The lowest BCUT2D eigenvalue weighted by atomic mass is 9.89. The highest BCUT2D eigenvalue weighted by molar-refractivity contribution is 7.89. The highest BCUT2D eigenvalue weighted by Crippen LogP contribution is 2.38. The standard InChI is InChI=1S/C19H23NO6S2/c1-25-11-8-16-15-9-12-27-17(15)7-10-20(18(16)19(21)22)28(23,24)14-5-3-13(26-2)4-6-14/h3-6,9,12,16,18H,7-8,10-11H2,1-2H3,(H,21,22)/t16-,18-/m0/s1. The van der Waals surface area contributed by atoms with Gasteiger partial charge in [0.2, 0.25) is 10.0 Å². The number of methoxy groups -OCH3 is 2. The van der Waals surface area contributed by atoms with Gasteiger partial charge in [0.05, 0.1) is 12.0 Å². The Hall–Kier alpha value is -1.94. The number of sulfonamides is 1. The normalized spacial score (nSPS) is 20.4. The summed E-state index contributed by atoms with van der Waals surface area (Å²) >= 11 is 1.53. The van der Waals surface area contributed by atoms with Crippen LogP contribution in [0.2, 0.25) is 0 Å². The smallest absolute Gasteiger partial charge is 0.322 e. The van der Waals surface area contributed by atoms with Crippen LogP contribution in [0.25, 0.3) is 0 Å². The van der Waals surface area contributed by atoms with Crippen molar-refractivity contribution in [1.29, 1.82) is 0 Å². The number of aliphatic carboxylic acids is 1. The first-order valence-corrected chi connectivity index (χ1v) is 11.2. The average molecular weight is 426 g/mol. The molecule has 1 N–H and O–H groups in total. The number of ether oxygens (including phenoxy) is 2. The summed E-state index contributed by atoms with van der Waals surface area (Å²) in [5, 5.41) is 11.9. The van der Waals surface area contributed by atoms with Gasteiger partial charge in [-0.3, -0.25) is 4.79 Å². The number of fused-ring (bicyclic) bond motifs is 1. The SMILES string of the molecule is COCC[C@H]1c2ccsc2CCN(S(=O)(=O)c2ccc(OC)cc2)[C@@H]1C(=O)O. The van der Waals surface area contributed by atoms with E-state index in [0.29, 0.717) is 25.2 Å². The molecule has 1 aliphatic heterocycles. The predicted octanol–water partition coefficient (Wildman–Crippen LogP) is 2.58. The fourth-order valence-electron chi connectivity index (χ4n) is 3.61. The zero-order valence-electron chi connectivity index (χ0n) is 15.7. The number of thiophene rings is 1. The summed E-state index contributed by atoms with van der Waals surface area (Å²) in [6.45, 7) is 0.461. The second kappa shape index (κ2) is 8.60. The van der Waals surface area contributed by atoms with E-state index < -0.39 is 28.0 Å². The minimum Gasteiger partial charge on any atom is -0.497 e. The van der Waals surface area contributed by atoms with Crippen molar-refractivity contribution >= 4 is 27.3 Å². The Kier molecular flexibility index (Phi) is 6.39. The molecule has 0 fully saturated rings. The van der Waals surface area contributed by atoms with E-state index in [4.69, 9.17) is 9.47 Å². The fraction of sp³-hybridized carbons (Fsp3) is 0.421. The van der Waals surface area contributed by atoms with Gasteiger partial charge in [-0.15, -0.1) is 11.3 Å². The Morgan fingerprint density at radius 1 is 1.25 bits per heavy atom. The van der Waals surface area contributed by atoms with Gasteiger partial charge in [-0.1, -0.05) is 0 Å². The summed E-state index contributed by atoms with van der Waals surface area (Å²) < 4.78 is 38.1. The van der Waals surface area contributed by atoms with E-state index in [1.165, 1.54) is 30.6 Å². The van der Waals surface area contributed by atoms with Crippen LogP contribution in [0.1, 0.15) is 22.8 Å². The molecule has 1 aromatic carbocycles. The molecular weight excluding hydrogens is 402 g/mol. The van der Waals surface area contributed by atoms with Gasteiger partial charge in [-0.2, -0.15) is 4.31 Å². The third kappa shape index (κ3) is 3.93. The van der Waals surface area contributed by atoms with Gasteiger partial charge in [0, 0.05) is 31.1 Å². The van der Waals surface area contributed by atoms with E-state index in [-0.39, 0.29) is 11.4 Å². The molecule has 2 atom stereocenters. The number of hydrogen-bond donors (Lipinski definition) is 1. The Balaban J connectivity index is 2.05. The fourth-order valence-corrected chi connectivity index (χ4v) is 6.17. The van der Waals surface area contributed by atoms with Gasteiger partial charge in [0.1, 0.15) is 11.8 Å². The van der Waals surface area contributed by atoms with Gasteiger partial charge in [0.15, 0.2) is 0 Å². The summed E-state index contributed by atoms with van der Waals surface area (Å²) in [5.41, 5.74) is 0.905. The number of carboxylic acids is 1. The minimum atomic E-state index is -4.00. The van der Waals surface area contributed by atoms with Crippen LogP contribution in [0, 0.1) is 0 Å². The van der Waals surface area contributed by atoms with Crippen LogP contribution < -0.4 is 4.74 Å². The van der Waals surface area contributed by atoms with E-state index in [9.17, 15) is 18.3 Å². The first-order valence-electron chi connectivity index (χ1n) is 8.84. The minimum absolute atomic E-state index is 0.0512. The van der Waals surface area contributed by atoms with Crippen molar-refractivity contribution < 1.29 is 27.8 Å². The van der Waals surface area contributed by atoms with Gasteiger partial charge < -0.3 is 14.6 Å². The molecule has 152 valence electrons. The van der Waals surface area contributed by atoms with Crippen molar-refractivity contribution in [3.63, 3.8) is 0 Å². The van der Waals surface area contributed by atoms with Crippen molar-refractivity contribution in [2.24, 2.45) is 0 Å². The van der Waals surface area contributed by atoms with E-state index in [1.54, 1.807) is 19.2 Å². The maximum absolute atomic E-state index is 13.3. The second-order valence-electron chi connectivity index (χ2n) is 6.51. The van der Waals surface area contributed by atoms with Gasteiger partial charge in [-0.05, 0) is 54.1 Å². The Morgan fingerprint density at radius 3 is 2.57 bits per heavy atom. The highest BCUT2D eigenvalue weighted by Gasteiger charge is 2.44. The second-order valence-corrected chi connectivity index (χ2v) is 9.40. The van der Waals surface area contributed by atoms with Crippen LogP contribution in [0.15, 0.2) is 40.6 Å². The molecule has 0 amide bonds. The number of benzene rings is 1. The zero-order chi connectivity index (χ0) is 20.3. The Morgan fingerprint density at radius 2 is 1.96 bits per heavy atom. The zero-order valence-corrected chi connectivity index (χ0v) is 17.3. The number of nitrogens with zero attached hydrogens (tertiary/aromatic N) is 1. The molecular formula is C19H23NO6S2.